The van der Waals surface area contributed by atoms with Crippen molar-refractivity contribution in [3.63, 3.8) is 0 Å². The predicted molar refractivity (Wildman–Crippen MR) is 137 cm³/mol. The Morgan fingerprint density at radius 3 is 2.03 bits per heavy atom. The summed E-state index contributed by atoms with van der Waals surface area (Å²) in [6, 6.07) is 24.9. The van der Waals surface area contributed by atoms with E-state index in [-0.39, 0.29) is 17.9 Å². The molecule has 10 nitrogen and oxygen atoms in total. The summed E-state index contributed by atoms with van der Waals surface area (Å²) in [6.07, 6.45) is -0.812. The van der Waals surface area contributed by atoms with Gasteiger partial charge in [-0.25, -0.2) is 15.5 Å². The summed E-state index contributed by atoms with van der Waals surface area (Å²) in [6.45, 7) is 0.838. The van der Waals surface area contributed by atoms with Crippen molar-refractivity contribution in [1.82, 2.24) is 10.4 Å². The molecule has 4 rings (SSSR count). The molecule has 1 heterocycles. The molecule has 0 spiro atoms. The van der Waals surface area contributed by atoms with Crippen molar-refractivity contribution < 1.29 is 33.5 Å². The molecule has 0 aliphatic carbocycles. The van der Waals surface area contributed by atoms with Crippen molar-refractivity contribution in [2.75, 3.05) is 19.7 Å². The number of para-hydroxylation sites is 1. The summed E-state index contributed by atoms with van der Waals surface area (Å²) in [7, 11) is 0. The van der Waals surface area contributed by atoms with Gasteiger partial charge in [0.2, 0.25) is 6.10 Å². The van der Waals surface area contributed by atoms with Crippen LogP contribution in [0.5, 0.6) is 5.75 Å². The van der Waals surface area contributed by atoms with E-state index in [1.807, 2.05) is 60.7 Å². The van der Waals surface area contributed by atoms with Crippen LogP contribution in [0.4, 0.5) is 4.79 Å². The van der Waals surface area contributed by atoms with Crippen LogP contribution in [0.25, 0.3) is 0 Å². The van der Waals surface area contributed by atoms with E-state index in [4.69, 9.17) is 25.0 Å². The largest absolute Gasteiger partial charge is 0.489 e. The van der Waals surface area contributed by atoms with E-state index in [2.05, 4.69) is 5.48 Å². The van der Waals surface area contributed by atoms with Crippen molar-refractivity contribution in [3.8, 4) is 5.75 Å². The third-order valence-electron chi connectivity index (χ3n) is 5.98. The number of carbonyl (C=O) groups excluding carboxylic acids is 3. The highest BCUT2D eigenvalue weighted by Gasteiger charge is 2.28. The number of nitrogens with two attached hydrogens (primary N) is 1. The quantitative estimate of drug-likeness (QED) is 0.324. The molecule has 1 atom stereocenters. The van der Waals surface area contributed by atoms with E-state index in [1.54, 1.807) is 12.1 Å². The molecule has 3 aromatic rings. The third kappa shape index (κ3) is 6.87. The fraction of sp³-hybridized carbons (Fsp3) is 0.250. The lowest BCUT2D eigenvalue weighted by Gasteiger charge is -2.22. The fourth-order valence-electron chi connectivity index (χ4n) is 3.99. The second-order valence-corrected chi connectivity index (χ2v) is 8.56. The summed E-state index contributed by atoms with van der Waals surface area (Å²) in [5, 5.41) is 0. The van der Waals surface area contributed by atoms with E-state index >= 15 is 0 Å². The molecule has 0 aromatic heterocycles. The number of hydrogen-bond acceptors (Lipinski definition) is 8. The summed E-state index contributed by atoms with van der Waals surface area (Å²) in [5.41, 5.74) is 3.78. The van der Waals surface area contributed by atoms with Crippen molar-refractivity contribution in [2.45, 2.75) is 25.0 Å². The number of rotatable bonds is 9. The Kier molecular flexibility index (Phi) is 9.27. The number of carbonyl (C=O) groups is 3. The number of benzene rings is 3. The molecule has 1 aliphatic rings. The first-order valence-corrected chi connectivity index (χ1v) is 12.2. The van der Waals surface area contributed by atoms with E-state index in [0.29, 0.717) is 13.1 Å². The van der Waals surface area contributed by atoms with Crippen molar-refractivity contribution in [1.29, 1.82) is 0 Å². The lowest BCUT2D eigenvalue weighted by Crippen LogP contribution is -2.37. The lowest BCUT2D eigenvalue weighted by molar-refractivity contribution is -0.163. The number of hydrogen-bond donors (Lipinski definition) is 2. The number of likely N-dealkylation sites (tertiary alicyclic amines) is 1. The number of esters is 1. The lowest BCUT2D eigenvalue weighted by atomic mass is 10.0. The van der Waals surface area contributed by atoms with Gasteiger partial charge in [0.25, 0.3) is 5.91 Å². The van der Waals surface area contributed by atoms with Crippen LogP contribution < -0.4 is 16.1 Å². The van der Waals surface area contributed by atoms with Crippen molar-refractivity contribution >= 4 is 18.0 Å². The topological polar surface area (TPSA) is 129 Å². The maximum absolute atomic E-state index is 13.0. The van der Waals surface area contributed by atoms with Crippen LogP contribution in [0, 0.1) is 0 Å². The smallest absolute Gasteiger partial charge is 0.434 e. The van der Waals surface area contributed by atoms with Gasteiger partial charge in [0.05, 0.1) is 5.56 Å². The molecule has 0 bridgehead atoms. The van der Waals surface area contributed by atoms with Gasteiger partial charge in [0, 0.05) is 13.1 Å². The average Bonchev–Trinajstić information content (AvgIpc) is 3.51. The van der Waals surface area contributed by atoms with Crippen molar-refractivity contribution in [2.24, 2.45) is 5.90 Å². The zero-order chi connectivity index (χ0) is 26.7. The van der Waals surface area contributed by atoms with Crippen LogP contribution >= 0.6 is 0 Å². The molecule has 38 heavy (non-hydrogen) atoms. The molecular weight excluding hydrogens is 490 g/mol. The van der Waals surface area contributed by atoms with Gasteiger partial charge < -0.3 is 19.2 Å². The highest BCUT2D eigenvalue weighted by molar-refractivity contribution is 5.96. The maximum Gasteiger partial charge on any atom is 0.434 e. The Morgan fingerprint density at radius 1 is 0.842 bits per heavy atom. The summed E-state index contributed by atoms with van der Waals surface area (Å²) >= 11 is 0. The molecule has 198 valence electrons. The number of nitrogens with one attached hydrogen (secondary N) is 1. The maximum atomic E-state index is 13.0. The molecular formula is C28H29N3O7. The first-order valence-electron chi connectivity index (χ1n) is 12.2. The van der Waals surface area contributed by atoms with Gasteiger partial charge in [-0.05, 0) is 36.1 Å². The highest BCUT2D eigenvalue weighted by Crippen LogP contribution is 2.27. The molecule has 1 saturated heterocycles. The number of ether oxygens (including phenoxy) is 2. The molecule has 1 aliphatic heterocycles. The van der Waals surface area contributed by atoms with E-state index < -0.39 is 30.2 Å². The number of amides is 2. The molecule has 2 amide bonds. The minimum atomic E-state index is -1.28. The standard InChI is InChI=1S/C28H29N3O7/c29-37-24(27(33)36-25(20-11-3-1-4-12-20)21-13-5-2-6-14-21)19-35-23-16-8-7-15-22(23)26(32)30-38-28(34)31-17-9-10-18-31/h1-8,11-16,24-25H,9-10,17-19,29H2,(H,30,32)/t24-/m0/s1. The molecule has 1 fully saturated rings. The molecule has 3 N–H and O–H groups in total. The second-order valence-electron chi connectivity index (χ2n) is 8.56. The van der Waals surface area contributed by atoms with Crippen LogP contribution in [-0.2, 0) is 19.2 Å². The Morgan fingerprint density at radius 2 is 1.42 bits per heavy atom. The minimum Gasteiger partial charge on any atom is -0.489 e. The van der Waals surface area contributed by atoms with Crippen LogP contribution in [0.15, 0.2) is 84.9 Å². The van der Waals surface area contributed by atoms with Crippen molar-refractivity contribution in [3.05, 3.63) is 102 Å². The van der Waals surface area contributed by atoms with Gasteiger partial charge in [-0.15, -0.1) is 0 Å². The minimum absolute atomic E-state index is 0.0947. The molecule has 0 saturated carbocycles. The van der Waals surface area contributed by atoms with E-state index in [1.165, 1.54) is 17.0 Å². The number of hydroxylamine groups is 1. The monoisotopic (exact) mass is 519 g/mol. The Labute approximate surface area is 220 Å². The summed E-state index contributed by atoms with van der Waals surface area (Å²) in [5.74, 6) is 4.12. The molecule has 3 aromatic carbocycles. The van der Waals surface area contributed by atoms with Crippen LogP contribution in [0.3, 0.4) is 0 Å². The van der Waals surface area contributed by atoms with Crippen LogP contribution in [0.2, 0.25) is 0 Å². The fourth-order valence-corrected chi connectivity index (χ4v) is 3.99. The molecule has 0 unspecified atom stereocenters. The van der Waals surface area contributed by atoms with E-state index in [9.17, 15) is 14.4 Å². The van der Waals surface area contributed by atoms with Crippen LogP contribution in [-0.4, -0.2) is 48.7 Å². The van der Waals surface area contributed by atoms with Gasteiger partial charge in [0.1, 0.15) is 12.4 Å². The predicted octanol–water partition coefficient (Wildman–Crippen LogP) is 3.53. The number of nitrogens with zero attached hydrogens (tertiary/aromatic N) is 1. The van der Waals surface area contributed by atoms with Crippen LogP contribution in [0.1, 0.15) is 40.4 Å². The van der Waals surface area contributed by atoms with E-state index in [0.717, 1.165) is 24.0 Å². The zero-order valence-corrected chi connectivity index (χ0v) is 20.7. The van der Waals surface area contributed by atoms with Gasteiger partial charge in [-0.2, -0.15) is 5.48 Å². The normalized spacial score (nSPS) is 13.6. The highest BCUT2D eigenvalue weighted by atomic mass is 16.7. The first-order chi connectivity index (χ1) is 18.6. The van der Waals surface area contributed by atoms with Gasteiger partial charge >= 0.3 is 12.1 Å². The molecule has 0 radical (unpaired) electrons. The average molecular weight is 520 g/mol. The second kappa shape index (κ2) is 13.2. The summed E-state index contributed by atoms with van der Waals surface area (Å²) < 4.78 is 11.5. The third-order valence-corrected chi connectivity index (χ3v) is 5.98. The van der Waals surface area contributed by atoms with Gasteiger partial charge in [-0.3, -0.25) is 9.63 Å². The SMILES string of the molecule is NO[C@@H](COc1ccccc1C(=O)NOC(=O)N1CCCC1)C(=O)OC(c1ccccc1)c1ccccc1. The first kappa shape index (κ1) is 26.6. The summed E-state index contributed by atoms with van der Waals surface area (Å²) in [4.78, 5) is 49.0. The van der Waals surface area contributed by atoms with Gasteiger partial charge in [-0.1, -0.05) is 72.8 Å². The Balaban J connectivity index is 1.39. The molecule has 10 heteroatoms. The Hall–Kier alpha value is -4.41. The van der Waals surface area contributed by atoms with Gasteiger partial charge in [0.15, 0.2) is 6.10 Å². The Bertz CT molecular complexity index is 1180. The zero-order valence-electron chi connectivity index (χ0n) is 20.7.